The zero-order chi connectivity index (χ0) is 13.4. The Morgan fingerprint density at radius 2 is 2.26 bits per heavy atom. The van der Waals surface area contributed by atoms with Gasteiger partial charge in [0.2, 0.25) is 0 Å². The Hall–Kier alpha value is -1.39. The highest BCUT2D eigenvalue weighted by Crippen LogP contribution is 2.31. The van der Waals surface area contributed by atoms with Gasteiger partial charge in [-0.25, -0.2) is 4.98 Å². The second kappa shape index (κ2) is 4.94. The van der Waals surface area contributed by atoms with Gasteiger partial charge in [0.25, 0.3) is 5.91 Å². The Bertz CT molecular complexity index is 629. The maximum atomic E-state index is 12.2. The summed E-state index contributed by atoms with van der Waals surface area (Å²) in [5.41, 5.74) is 2.77. The first-order valence-corrected chi connectivity index (χ1v) is 7.39. The van der Waals surface area contributed by atoms with Crippen molar-refractivity contribution in [2.24, 2.45) is 0 Å². The standard InChI is InChI=1S/C14H13ClN2OS/c1-8-10(5-6-13(15)16-8)17-14(18)12-7-9-3-2-4-11(9)19-12/h5-7H,2-4H2,1H3,(H,17,18). The Labute approximate surface area is 120 Å². The number of rotatable bonds is 2. The molecule has 0 saturated carbocycles. The molecule has 1 amide bonds. The van der Waals surface area contributed by atoms with E-state index in [2.05, 4.69) is 10.3 Å². The highest BCUT2D eigenvalue weighted by molar-refractivity contribution is 7.14. The third-order valence-corrected chi connectivity index (χ3v) is 4.72. The molecule has 19 heavy (non-hydrogen) atoms. The van der Waals surface area contributed by atoms with Crippen LogP contribution in [0.1, 0.15) is 32.2 Å². The number of nitrogens with zero attached hydrogens (tertiary/aromatic N) is 1. The number of pyridine rings is 1. The van der Waals surface area contributed by atoms with E-state index in [9.17, 15) is 4.79 Å². The van der Waals surface area contributed by atoms with Gasteiger partial charge in [0, 0.05) is 4.88 Å². The molecule has 2 aromatic rings. The monoisotopic (exact) mass is 292 g/mol. The minimum atomic E-state index is -0.0633. The van der Waals surface area contributed by atoms with Gasteiger partial charge in [0.15, 0.2) is 0 Å². The third kappa shape index (κ3) is 2.51. The highest BCUT2D eigenvalue weighted by atomic mass is 35.5. The lowest BCUT2D eigenvalue weighted by Gasteiger charge is -2.06. The van der Waals surface area contributed by atoms with Crippen LogP contribution >= 0.6 is 22.9 Å². The number of aromatic nitrogens is 1. The topological polar surface area (TPSA) is 42.0 Å². The van der Waals surface area contributed by atoms with Crippen LogP contribution in [-0.4, -0.2) is 10.9 Å². The Balaban J connectivity index is 1.80. The highest BCUT2D eigenvalue weighted by Gasteiger charge is 2.18. The molecular weight excluding hydrogens is 280 g/mol. The number of carbonyl (C=O) groups is 1. The summed E-state index contributed by atoms with van der Waals surface area (Å²) in [5, 5.41) is 3.33. The molecule has 0 bridgehead atoms. The molecule has 0 aromatic carbocycles. The second-order valence-electron chi connectivity index (χ2n) is 4.63. The Kier molecular flexibility index (Phi) is 3.29. The van der Waals surface area contributed by atoms with Gasteiger partial charge in [-0.15, -0.1) is 11.3 Å². The number of amides is 1. The van der Waals surface area contributed by atoms with Crippen molar-refractivity contribution in [2.45, 2.75) is 26.2 Å². The molecule has 0 unspecified atom stereocenters. The number of carbonyl (C=O) groups excluding carboxylic acids is 1. The minimum absolute atomic E-state index is 0.0633. The first-order chi connectivity index (χ1) is 9.13. The lowest BCUT2D eigenvalue weighted by Crippen LogP contribution is -2.11. The molecule has 5 heteroatoms. The fourth-order valence-corrected chi connectivity index (χ4v) is 3.63. The summed E-state index contributed by atoms with van der Waals surface area (Å²) < 4.78 is 0. The number of halogens is 1. The van der Waals surface area contributed by atoms with E-state index in [4.69, 9.17) is 11.6 Å². The summed E-state index contributed by atoms with van der Waals surface area (Å²) >= 11 is 7.40. The van der Waals surface area contributed by atoms with Crippen molar-refractivity contribution in [1.29, 1.82) is 0 Å². The van der Waals surface area contributed by atoms with E-state index >= 15 is 0 Å². The van der Waals surface area contributed by atoms with Crippen LogP contribution in [0, 0.1) is 6.92 Å². The average Bonchev–Trinajstić information content (AvgIpc) is 2.93. The predicted octanol–water partition coefficient (Wildman–Crippen LogP) is 3.85. The SMILES string of the molecule is Cc1nc(Cl)ccc1NC(=O)c1cc2c(s1)CCC2. The molecule has 2 aromatic heterocycles. The van der Waals surface area contributed by atoms with Crippen LogP contribution in [0.25, 0.3) is 0 Å². The van der Waals surface area contributed by atoms with Crippen LogP contribution in [0.3, 0.4) is 0 Å². The van der Waals surface area contributed by atoms with Crippen LogP contribution in [0.2, 0.25) is 5.15 Å². The van der Waals surface area contributed by atoms with E-state index < -0.39 is 0 Å². The molecular formula is C14H13ClN2OS. The van der Waals surface area contributed by atoms with Crippen molar-refractivity contribution >= 4 is 34.5 Å². The van der Waals surface area contributed by atoms with Gasteiger partial charge < -0.3 is 5.32 Å². The number of thiophene rings is 1. The van der Waals surface area contributed by atoms with E-state index in [0.29, 0.717) is 10.8 Å². The minimum Gasteiger partial charge on any atom is -0.320 e. The number of nitrogens with one attached hydrogen (secondary N) is 1. The predicted molar refractivity (Wildman–Crippen MR) is 78.3 cm³/mol. The van der Waals surface area contributed by atoms with Crippen molar-refractivity contribution in [1.82, 2.24) is 4.98 Å². The number of anilines is 1. The molecule has 0 aliphatic heterocycles. The summed E-state index contributed by atoms with van der Waals surface area (Å²) in [7, 11) is 0. The van der Waals surface area contributed by atoms with Gasteiger partial charge in [-0.2, -0.15) is 0 Å². The molecule has 98 valence electrons. The smallest absolute Gasteiger partial charge is 0.265 e. The van der Waals surface area contributed by atoms with E-state index in [1.54, 1.807) is 23.5 Å². The van der Waals surface area contributed by atoms with Crippen LogP contribution in [-0.2, 0) is 12.8 Å². The van der Waals surface area contributed by atoms with Crippen molar-refractivity contribution in [2.75, 3.05) is 5.32 Å². The largest absolute Gasteiger partial charge is 0.320 e. The van der Waals surface area contributed by atoms with Gasteiger partial charge in [0.05, 0.1) is 16.3 Å². The van der Waals surface area contributed by atoms with Crippen molar-refractivity contribution in [3.63, 3.8) is 0 Å². The van der Waals surface area contributed by atoms with E-state index in [1.165, 1.54) is 16.9 Å². The molecule has 0 atom stereocenters. The van der Waals surface area contributed by atoms with Crippen LogP contribution in [0.4, 0.5) is 5.69 Å². The maximum absolute atomic E-state index is 12.2. The summed E-state index contributed by atoms with van der Waals surface area (Å²) in [5.74, 6) is -0.0633. The van der Waals surface area contributed by atoms with E-state index in [0.717, 1.165) is 23.4 Å². The van der Waals surface area contributed by atoms with Crippen LogP contribution in [0.5, 0.6) is 0 Å². The quantitative estimate of drug-likeness (QED) is 0.854. The molecule has 1 aliphatic rings. The number of hydrogen-bond acceptors (Lipinski definition) is 3. The normalized spacial score (nSPS) is 13.4. The van der Waals surface area contributed by atoms with Crippen LogP contribution < -0.4 is 5.32 Å². The Morgan fingerprint density at radius 1 is 1.42 bits per heavy atom. The van der Waals surface area contributed by atoms with Crippen molar-refractivity contribution in [3.05, 3.63) is 44.4 Å². The van der Waals surface area contributed by atoms with E-state index in [-0.39, 0.29) is 5.91 Å². The fraction of sp³-hybridized carbons (Fsp3) is 0.286. The molecule has 2 heterocycles. The van der Waals surface area contributed by atoms with E-state index in [1.807, 2.05) is 13.0 Å². The maximum Gasteiger partial charge on any atom is 0.265 e. The zero-order valence-corrected chi connectivity index (χ0v) is 12.1. The van der Waals surface area contributed by atoms with Crippen LogP contribution in [0.15, 0.2) is 18.2 Å². The number of hydrogen-bond donors (Lipinski definition) is 1. The van der Waals surface area contributed by atoms with Gasteiger partial charge in [-0.05, 0) is 49.9 Å². The Morgan fingerprint density at radius 3 is 3.00 bits per heavy atom. The summed E-state index contributed by atoms with van der Waals surface area (Å²) in [6.45, 7) is 1.83. The summed E-state index contributed by atoms with van der Waals surface area (Å²) in [4.78, 5) is 18.5. The van der Waals surface area contributed by atoms with Gasteiger partial charge >= 0.3 is 0 Å². The molecule has 0 spiro atoms. The molecule has 3 rings (SSSR count). The molecule has 1 aliphatic carbocycles. The zero-order valence-electron chi connectivity index (χ0n) is 10.5. The number of fused-ring (bicyclic) bond motifs is 1. The molecule has 0 fully saturated rings. The number of aryl methyl sites for hydroxylation is 3. The summed E-state index contributed by atoms with van der Waals surface area (Å²) in [6, 6.07) is 5.48. The van der Waals surface area contributed by atoms with Crippen molar-refractivity contribution < 1.29 is 4.79 Å². The van der Waals surface area contributed by atoms with Gasteiger partial charge in [0.1, 0.15) is 5.15 Å². The molecule has 1 N–H and O–H groups in total. The van der Waals surface area contributed by atoms with Gasteiger partial charge in [-0.3, -0.25) is 4.79 Å². The molecule has 3 nitrogen and oxygen atoms in total. The second-order valence-corrected chi connectivity index (χ2v) is 6.16. The first kappa shape index (κ1) is 12.6. The van der Waals surface area contributed by atoms with Gasteiger partial charge in [-0.1, -0.05) is 11.6 Å². The average molecular weight is 293 g/mol. The molecule has 0 saturated heterocycles. The lowest BCUT2D eigenvalue weighted by atomic mass is 10.2. The summed E-state index contributed by atoms with van der Waals surface area (Å²) in [6.07, 6.45) is 3.42. The molecule has 0 radical (unpaired) electrons. The first-order valence-electron chi connectivity index (χ1n) is 6.19. The lowest BCUT2D eigenvalue weighted by molar-refractivity contribution is 0.103. The van der Waals surface area contributed by atoms with Crippen molar-refractivity contribution in [3.8, 4) is 0 Å². The fourth-order valence-electron chi connectivity index (χ4n) is 2.29. The third-order valence-electron chi connectivity index (χ3n) is 3.27.